The van der Waals surface area contributed by atoms with Crippen molar-refractivity contribution in [3.63, 3.8) is 0 Å². The minimum absolute atomic E-state index is 0.0632. The molecular weight excluding hydrogens is 737 g/mol. The summed E-state index contributed by atoms with van der Waals surface area (Å²) in [5.41, 5.74) is 13.0. The van der Waals surface area contributed by atoms with Crippen molar-refractivity contribution in [2.24, 2.45) is 0 Å². The van der Waals surface area contributed by atoms with Crippen LogP contribution in [0.25, 0.3) is 66.1 Å². The fourth-order valence-electron chi connectivity index (χ4n) is 10.4. The van der Waals surface area contributed by atoms with E-state index in [0.717, 1.165) is 0 Å². The van der Waals surface area contributed by atoms with Gasteiger partial charge in [0.15, 0.2) is 8.07 Å². The minimum atomic E-state index is -2.59. The molecule has 0 fully saturated rings. The highest BCUT2D eigenvalue weighted by Crippen LogP contribution is 2.51. The first-order valence-electron chi connectivity index (χ1n) is 21.1. The maximum atomic E-state index is 2.47. The van der Waals surface area contributed by atoms with Gasteiger partial charge < -0.3 is 0 Å². The highest BCUT2D eigenvalue weighted by atomic mass is 28.3. The molecule has 0 spiro atoms. The first kappa shape index (κ1) is 36.0. The van der Waals surface area contributed by atoms with E-state index in [1.165, 1.54) is 97.9 Å². The summed E-state index contributed by atoms with van der Waals surface area (Å²) in [7, 11) is -2.59. The van der Waals surface area contributed by atoms with Crippen LogP contribution >= 0.6 is 0 Å². The van der Waals surface area contributed by atoms with Gasteiger partial charge in [-0.3, -0.25) is 0 Å². The smallest absolute Gasteiger partial charge is 0.0623 e. The van der Waals surface area contributed by atoms with Crippen molar-refractivity contribution in [1.29, 1.82) is 0 Å². The Balaban J connectivity index is 1.01. The van der Waals surface area contributed by atoms with E-state index in [1.807, 2.05) is 0 Å². The Bertz CT molecular complexity index is 3030. The fraction of sp³-hybridized carbons (Fsp3) is 0.0508. The Morgan fingerprint density at radius 3 is 1.13 bits per heavy atom. The molecule has 1 aliphatic rings. The van der Waals surface area contributed by atoms with Crippen LogP contribution in [0.2, 0.25) is 0 Å². The van der Waals surface area contributed by atoms with Crippen molar-refractivity contribution in [3.8, 4) is 44.5 Å². The molecule has 0 bridgehead atoms. The van der Waals surface area contributed by atoms with E-state index >= 15 is 0 Å². The lowest BCUT2D eigenvalue weighted by atomic mass is 9.80. The standard InChI is InChI=1S/C59H44Si/c1-59(2)55-29-17-16-24-49(55)50-39-36-44(40-56(50)59)58-53-27-14-12-25-51(53)57(52-26-13-15-28-54(52)58)43-32-30-41(31-33-43)42-34-37-48(38-35-42)60(45-18-6-3-7-19-45,46-20-8-4-9-21-46)47-22-10-5-11-23-47/h3-40H,1-2H3. The molecule has 0 unspecified atom stereocenters. The molecule has 0 saturated carbocycles. The summed E-state index contributed by atoms with van der Waals surface area (Å²) < 4.78 is 0. The zero-order chi connectivity index (χ0) is 40.3. The van der Waals surface area contributed by atoms with Crippen molar-refractivity contribution in [2.45, 2.75) is 19.3 Å². The van der Waals surface area contributed by atoms with E-state index in [1.54, 1.807) is 0 Å². The molecule has 0 saturated heterocycles. The Morgan fingerprint density at radius 2 is 0.633 bits per heavy atom. The van der Waals surface area contributed by atoms with Crippen LogP contribution < -0.4 is 20.7 Å². The lowest BCUT2D eigenvalue weighted by molar-refractivity contribution is 0.660. The second-order valence-corrected chi connectivity index (χ2v) is 20.6. The average molecular weight is 781 g/mol. The van der Waals surface area contributed by atoms with Crippen LogP contribution in [0, 0.1) is 0 Å². The average Bonchev–Trinajstić information content (AvgIpc) is 3.55. The molecule has 11 rings (SSSR count). The van der Waals surface area contributed by atoms with Gasteiger partial charge in [-0.05, 0) is 104 Å². The molecule has 0 radical (unpaired) electrons. The highest BCUT2D eigenvalue weighted by Gasteiger charge is 2.41. The molecule has 284 valence electrons. The summed E-state index contributed by atoms with van der Waals surface area (Å²) >= 11 is 0. The molecule has 60 heavy (non-hydrogen) atoms. The molecule has 0 nitrogen and oxygen atoms in total. The maximum Gasteiger partial charge on any atom is 0.179 e. The molecule has 10 aromatic rings. The van der Waals surface area contributed by atoms with Gasteiger partial charge in [-0.25, -0.2) is 0 Å². The number of fused-ring (bicyclic) bond motifs is 5. The predicted molar refractivity (Wildman–Crippen MR) is 259 cm³/mol. The molecule has 1 heteroatoms. The maximum absolute atomic E-state index is 2.59. The zero-order valence-electron chi connectivity index (χ0n) is 33.9. The van der Waals surface area contributed by atoms with E-state index in [0.29, 0.717) is 0 Å². The first-order valence-corrected chi connectivity index (χ1v) is 23.1. The lowest BCUT2D eigenvalue weighted by Gasteiger charge is -2.34. The molecule has 0 amide bonds. The Morgan fingerprint density at radius 1 is 0.283 bits per heavy atom. The second kappa shape index (κ2) is 14.3. The minimum Gasteiger partial charge on any atom is -0.0623 e. The van der Waals surface area contributed by atoms with Crippen molar-refractivity contribution in [2.75, 3.05) is 0 Å². The van der Waals surface area contributed by atoms with Gasteiger partial charge in [-0.1, -0.05) is 238 Å². The fourth-order valence-corrected chi connectivity index (χ4v) is 15.2. The van der Waals surface area contributed by atoms with Crippen molar-refractivity contribution < 1.29 is 0 Å². The SMILES string of the molecule is CC1(C)c2ccccc2-c2ccc(-c3c4ccccc4c(-c4ccc(-c5ccc([Si](c6ccccc6)(c6ccccc6)c6ccccc6)cc5)cc4)c4ccccc34)cc21. The van der Waals surface area contributed by atoms with Crippen LogP contribution in [-0.4, -0.2) is 8.07 Å². The number of hydrogen-bond donors (Lipinski definition) is 0. The Hall–Kier alpha value is -7.06. The molecule has 1 aliphatic carbocycles. The Kier molecular flexibility index (Phi) is 8.62. The summed E-state index contributed by atoms with van der Waals surface area (Å²) in [6.45, 7) is 4.74. The predicted octanol–water partition coefficient (Wildman–Crippen LogP) is 12.7. The molecule has 0 heterocycles. The summed E-state index contributed by atoms with van der Waals surface area (Å²) in [4.78, 5) is 0. The van der Waals surface area contributed by atoms with Gasteiger partial charge in [-0.2, -0.15) is 0 Å². The van der Waals surface area contributed by atoms with Crippen LogP contribution in [0.15, 0.2) is 231 Å². The number of rotatable bonds is 7. The van der Waals surface area contributed by atoms with E-state index in [4.69, 9.17) is 0 Å². The van der Waals surface area contributed by atoms with Crippen LogP contribution in [0.4, 0.5) is 0 Å². The number of hydrogen-bond acceptors (Lipinski definition) is 0. The summed E-state index contributed by atoms with van der Waals surface area (Å²) in [6, 6.07) is 86.2. The van der Waals surface area contributed by atoms with Crippen molar-refractivity contribution in [1.82, 2.24) is 0 Å². The quantitative estimate of drug-likeness (QED) is 0.0858. The molecule has 0 aromatic heterocycles. The third-order valence-corrected chi connectivity index (χ3v) is 18.0. The third-order valence-electron chi connectivity index (χ3n) is 13.2. The van der Waals surface area contributed by atoms with Gasteiger partial charge in [-0.15, -0.1) is 0 Å². The monoisotopic (exact) mass is 780 g/mol. The van der Waals surface area contributed by atoms with Crippen LogP contribution in [0.3, 0.4) is 0 Å². The largest absolute Gasteiger partial charge is 0.179 e. The third kappa shape index (κ3) is 5.58. The Labute approximate surface area is 354 Å². The van der Waals surface area contributed by atoms with Gasteiger partial charge in [0.05, 0.1) is 0 Å². The van der Waals surface area contributed by atoms with E-state index < -0.39 is 8.07 Å². The molecule has 10 aromatic carbocycles. The van der Waals surface area contributed by atoms with Crippen LogP contribution in [0.5, 0.6) is 0 Å². The second-order valence-electron chi connectivity index (χ2n) is 16.8. The van der Waals surface area contributed by atoms with Gasteiger partial charge >= 0.3 is 0 Å². The van der Waals surface area contributed by atoms with E-state index in [9.17, 15) is 0 Å². The molecule has 0 aliphatic heterocycles. The van der Waals surface area contributed by atoms with Crippen molar-refractivity contribution in [3.05, 3.63) is 242 Å². The van der Waals surface area contributed by atoms with Gasteiger partial charge in [0.25, 0.3) is 0 Å². The van der Waals surface area contributed by atoms with Crippen molar-refractivity contribution >= 4 is 50.4 Å². The summed E-state index contributed by atoms with van der Waals surface area (Å²) in [5.74, 6) is 0. The summed E-state index contributed by atoms with van der Waals surface area (Å²) in [6.07, 6.45) is 0. The molecule has 0 atom stereocenters. The van der Waals surface area contributed by atoms with Gasteiger partial charge in [0, 0.05) is 5.41 Å². The molecular formula is C59H44Si. The van der Waals surface area contributed by atoms with E-state index in [2.05, 4.69) is 244 Å². The normalized spacial score (nSPS) is 13.0. The van der Waals surface area contributed by atoms with Crippen LogP contribution in [0.1, 0.15) is 25.0 Å². The van der Waals surface area contributed by atoms with E-state index in [-0.39, 0.29) is 5.41 Å². The zero-order valence-corrected chi connectivity index (χ0v) is 34.9. The lowest BCUT2D eigenvalue weighted by Crippen LogP contribution is -2.74. The van der Waals surface area contributed by atoms with Gasteiger partial charge in [0.1, 0.15) is 0 Å². The molecule has 0 N–H and O–H groups in total. The van der Waals surface area contributed by atoms with Crippen LogP contribution in [-0.2, 0) is 5.41 Å². The van der Waals surface area contributed by atoms with Gasteiger partial charge in [0.2, 0.25) is 0 Å². The topological polar surface area (TPSA) is 0 Å². The first-order chi connectivity index (χ1) is 29.5. The number of benzene rings is 10. The highest BCUT2D eigenvalue weighted by molar-refractivity contribution is 7.19. The summed E-state index contributed by atoms with van der Waals surface area (Å²) in [5, 5.41) is 10.6.